The number of rotatable bonds is 5. The van der Waals surface area contributed by atoms with E-state index in [1.165, 1.54) is 22.2 Å². The molecule has 0 saturated carbocycles. The Morgan fingerprint density at radius 1 is 1.06 bits per heavy atom. The van der Waals surface area contributed by atoms with E-state index < -0.39 is 16.1 Å². The van der Waals surface area contributed by atoms with Crippen molar-refractivity contribution in [3.05, 3.63) is 59.2 Å². The number of carbonyl (C=O) groups is 2. The Morgan fingerprint density at radius 2 is 1.74 bits per heavy atom. The third-order valence-corrected chi connectivity index (χ3v) is 7.86. The summed E-state index contributed by atoms with van der Waals surface area (Å²) in [6, 6.07) is 12.0. The minimum absolute atomic E-state index is 0.220. The van der Waals surface area contributed by atoms with Crippen molar-refractivity contribution in [2.75, 3.05) is 18.0 Å². The topological polar surface area (TPSA) is 86.8 Å². The monoisotopic (exact) mass is 441 g/mol. The molecule has 1 unspecified atom stereocenters. The molecule has 2 heterocycles. The molecule has 1 fully saturated rings. The highest BCUT2D eigenvalue weighted by Crippen LogP contribution is 2.35. The number of sulfonamides is 1. The molecular weight excluding hydrogens is 414 g/mol. The van der Waals surface area contributed by atoms with Gasteiger partial charge in [-0.2, -0.15) is 4.31 Å². The van der Waals surface area contributed by atoms with Crippen molar-refractivity contribution in [3.8, 4) is 0 Å². The van der Waals surface area contributed by atoms with Gasteiger partial charge in [0.2, 0.25) is 21.8 Å². The summed E-state index contributed by atoms with van der Waals surface area (Å²) in [5.41, 5.74) is 3.42. The van der Waals surface area contributed by atoms with Crippen LogP contribution in [0.1, 0.15) is 36.5 Å². The van der Waals surface area contributed by atoms with Crippen LogP contribution in [0.2, 0.25) is 0 Å². The van der Waals surface area contributed by atoms with Gasteiger partial charge < -0.3 is 5.32 Å². The highest BCUT2D eigenvalue weighted by atomic mass is 32.2. The number of benzene rings is 2. The summed E-state index contributed by atoms with van der Waals surface area (Å²) < 4.78 is 27.3. The predicted molar refractivity (Wildman–Crippen MR) is 118 cm³/mol. The van der Waals surface area contributed by atoms with E-state index in [0.717, 1.165) is 24.0 Å². The SMILES string of the molecule is CC(=O)N1c2ccc(S(=O)(=O)N3CCCC3)cc2CC1C(=O)NCc1ccc(C)cc1. The largest absolute Gasteiger partial charge is 0.350 e. The smallest absolute Gasteiger partial charge is 0.243 e. The Bertz CT molecular complexity index is 1110. The minimum atomic E-state index is -3.56. The highest BCUT2D eigenvalue weighted by molar-refractivity contribution is 7.89. The third-order valence-electron chi connectivity index (χ3n) is 5.97. The maximum Gasteiger partial charge on any atom is 0.243 e. The molecule has 0 aromatic heterocycles. The second kappa shape index (κ2) is 8.43. The van der Waals surface area contributed by atoms with E-state index in [0.29, 0.717) is 30.9 Å². The van der Waals surface area contributed by atoms with E-state index in [1.807, 2.05) is 31.2 Å². The van der Waals surface area contributed by atoms with Gasteiger partial charge in [0.05, 0.1) is 4.90 Å². The van der Waals surface area contributed by atoms with Crippen molar-refractivity contribution in [3.63, 3.8) is 0 Å². The van der Waals surface area contributed by atoms with Gasteiger partial charge in [-0.25, -0.2) is 8.42 Å². The lowest BCUT2D eigenvalue weighted by Gasteiger charge is -2.23. The van der Waals surface area contributed by atoms with Crippen molar-refractivity contribution in [1.29, 1.82) is 0 Å². The molecule has 1 N–H and O–H groups in total. The summed E-state index contributed by atoms with van der Waals surface area (Å²) in [5.74, 6) is -0.500. The summed E-state index contributed by atoms with van der Waals surface area (Å²) in [6.45, 7) is 4.85. The van der Waals surface area contributed by atoms with Crippen LogP contribution in [-0.2, 0) is 32.6 Å². The van der Waals surface area contributed by atoms with Crippen molar-refractivity contribution in [1.82, 2.24) is 9.62 Å². The molecule has 164 valence electrons. The lowest BCUT2D eigenvalue weighted by molar-refractivity contribution is -0.125. The molecule has 2 aromatic carbocycles. The average Bonchev–Trinajstić information content (AvgIpc) is 3.41. The molecule has 0 radical (unpaired) electrons. The first kappa shape index (κ1) is 21.5. The zero-order valence-electron chi connectivity index (χ0n) is 17.8. The zero-order chi connectivity index (χ0) is 22.2. The molecule has 2 amide bonds. The maximum absolute atomic E-state index is 12.9. The summed E-state index contributed by atoms with van der Waals surface area (Å²) >= 11 is 0. The second-order valence-corrected chi connectivity index (χ2v) is 10.2. The summed E-state index contributed by atoms with van der Waals surface area (Å²) in [4.78, 5) is 27.0. The average molecular weight is 442 g/mol. The molecule has 7 nitrogen and oxygen atoms in total. The molecule has 0 bridgehead atoms. The molecule has 0 aliphatic carbocycles. The van der Waals surface area contributed by atoms with Crippen molar-refractivity contribution >= 4 is 27.5 Å². The Balaban J connectivity index is 1.54. The number of hydrogen-bond donors (Lipinski definition) is 1. The maximum atomic E-state index is 12.9. The fourth-order valence-corrected chi connectivity index (χ4v) is 5.85. The molecule has 4 rings (SSSR count). The fourth-order valence-electron chi connectivity index (χ4n) is 4.28. The van der Waals surface area contributed by atoms with Crippen LogP contribution in [0.5, 0.6) is 0 Å². The number of carbonyl (C=O) groups excluding carboxylic acids is 2. The van der Waals surface area contributed by atoms with E-state index in [4.69, 9.17) is 0 Å². The fraction of sp³-hybridized carbons (Fsp3) is 0.391. The molecule has 0 spiro atoms. The molecule has 2 aromatic rings. The number of nitrogens with zero attached hydrogens (tertiary/aromatic N) is 2. The van der Waals surface area contributed by atoms with Crippen molar-refractivity contribution in [2.24, 2.45) is 0 Å². The first-order valence-corrected chi connectivity index (χ1v) is 12.0. The Labute approximate surface area is 183 Å². The zero-order valence-corrected chi connectivity index (χ0v) is 18.6. The van der Waals surface area contributed by atoms with Crippen molar-refractivity contribution in [2.45, 2.75) is 50.6 Å². The third kappa shape index (κ3) is 4.22. The van der Waals surface area contributed by atoms with Gasteiger partial charge in [0.15, 0.2) is 0 Å². The predicted octanol–water partition coefficient (Wildman–Crippen LogP) is 2.37. The first-order chi connectivity index (χ1) is 14.8. The van der Waals surface area contributed by atoms with Crippen LogP contribution in [0.3, 0.4) is 0 Å². The number of anilines is 1. The van der Waals surface area contributed by atoms with Gasteiger partial charge in [-0.3, -0.25) is 14.5 Å². The Kier molecular flexibility index (Phi) is 5.85. The molecule has 1 atom stereocenters. The van der Waals surface area contributed by atoms with Gasteiger partial charge in [-0.05, 0) is 49.1 Å². The van der Waals surface area contributed by atoms with Crippen LogP contribution in [0.15, 0.2) is 47.4 Å². The van der Waals surface area contributed by atoms with Crippen molar-refractivity contribution < 1.29 is 18.0 Å². The van der Waals surface area contributed by atoms with Gasteiger partial charge in [-0.1, -0.05) is 29.8 Å². The van der Waals surface area contributed by atoms with Gasteiger partial charge in [0, 0.05) is 38.7 Å². The van der Waals surface area contributed by atoms with E-state index in [-0.39, 0.29) is 23.1 Å². The van der Waals surface area contributed by atoms with E-state index >= 15 is 0 Å². The molecule has 2 aliphatic heterocycles. The van der Waals surface area contributed by atoms with Gasteiger partial charge in [0.25, 0.3) is 0 Å². The molecule has 8 heteroatoms. The first-order valence-electron chi connectivity index (χ1n) is 10.5. The standard InChI is InChI=1S/C23H27N3O4S/c1-16-5-7-18(8-6-16)15-24-23(28)22-14-19-13-20(9-10-21(19)26(22)17(2)27)31(29,30)25-11-3-4-12-25/h5-10,13,22H,3-4,11-12,14-15H2,1-2H3,(H,24,28). The van der Waals surface area contributed by atoms with E-state index in [2.05, 4.69) is 5.32 Å². The summed E-state index contributed by atoms with van der Waals surface area (Å²) in [6.07, 6.45) is 2.02. The number of fused-ring (bicyclic) bond motifs is 1. The highest BCUT2D eigenvalue weighted by Gasteiger charge is 2.38. The van der Waals surface area contributed by atoms with E-state index in [9.17, 15) is 18.0 Å². The lowest BCUT2D eigenvalue weighted by atomic mass is 10.1. The quantitative estimate of drug-likeness (QED) is 0.772. The van der Waals surface area contributed by atoms with Gasteiger partial charge in [0.1, 0.15) is 6.04 Å². The molecular formula is C23H27N3O4S. The molecule has 31 heavy (non-hydrogen) atoms. The second-order valence-electron chi connectivity index (χ2n) is 8.21. The summed E-state index contributed by atoms with van der Waals surface area (Å²) in [7, 11) is -3.56. The number of hydrogen-bond acceptors (Lipinski definition) is 4. The van der Waals surface area contributed by atoms with Gasteiger partial charge >= 0.3 is 0 Å². The normalized spacial score (nSPS) is 18.8. The number of amides is 2. The number of nitrogens with one attached hydrogen (secondary N) is 1. The van der Waals surface area contributed by atoms with Crippen LogP contribution in [0.25, 0.3) is 0 Å². The minimum Gasteiger partial charge on any atom is -0.350 e. The van der Waals surface area contributed by atoms with Crippen LogP contribution >= 0.6 is 0 Å². The van der Waals surface area contributed by atoms with Crippen LogP contribution < -0.4 is 10.2 Å². The van der Waals surface area contributed by atoms with Gasteiger partial charge in [-0.15, -0.1) is 0 Å². The summed E-state index contributed by atoms with van der Waals surface area (Å²) in [5, 5.41) is 2.91. The van der Waals surface area contributed by atoms with Crippen LogP contribution in [-0.4, -0.2) is 43.7 Å². The van der Waals surface area contributed by atoms with Crippen LogP contribution in [0, 0.1) is 6.92 Å². The van der Waals surface area contributed by atoms with E-state index in [1.54, 1.807) is 12.1 Å². The lowest BCUT2D eigenvalue weighted by Crippen LogP contribution is -2.47. The molecule has 1 saturated heterocycles. The number of aryl methyl sites for hydroxylation is 1. The van der Waals surface area contributed by atoms with Crippen LogP contribution in [0.4, 0.5) is 5.69 Å². The molecule has 2 aliphatic rings. The Hall–Kier alpha value is -2.71. The Morgan fingerprint density at radius 3 is 2.39 bits per heavy atom.